The van der Waals surface area contributed by atoms with Gasteiger partial charge < -0.3 is 5.32 Å². The molecule has 0 radical (unpaired) electrons. The van der Waals surface area contributed by atoms with Crippen molar-refractivity contribution in [2.24, 2.45) is 11.3 Å². The number of nitrogens with one attached hydrogen (secondary N) is 1. The fourth-order valence-corrected chi connectivity index (χ4v) is 2.49. The molecule has 1 rings (SSSR count). The van der Waals surface area contributed by atoms with Crippen molar-refractivity contribution in [1.82, 2.24) is 4.98 Å². The Hall–Kier alpha value is -0.900. The molecule has 1 aromatic heterocycles. The highest BCUT2D eigenvalue weighted by Crippen LogP contribution is 2.26. The predicted molar refractivity (Wildman–Crippen MR) is 78.4 cm³/mol. The number of anilines is 1. The normalized spacial score (nSPS) is 13.2. The summed E-state index contributed by atoms with van der Waals surface area (Å²) in [7, 11) is 0. The van der Waals surface area contributed by atoms with E-state index in [2.05, 4.69) is 53.9 Å². The van der Waals surface area contributed by atoms with Gasteiger partial charge in [-0.2, -0.15) is 0 Å². The molecule has 0 aromatic carbocycles. The Kier molecular flexibility index (Phi) is 5.32. The number of amides is 1. The summed E-state index contributed by atoms with van der Waals surface area (Å²) in [5, 5.41) is 2.87. The molecule has 1 amide bonds. The van der Waals surface area contributed by atoms with E-state index >= 15 is 0 Å². The van der Waals surface area contributed by atoms with Gasteiger partial charge in [-0.25, -0.2) is 0 Å². The molecule has 0 fully saturated rings. The maximum atomic E-state index is 11.9. The molecular formula is C14H21BrN2O. The van der Waals surface area contributed by atoms with Crippen LogP contribution in [0, 0.1) is 11.3 Å². The average molecular weight is 313 g/mol. The Morgan fingerprint density at radius 3 is 2.67 bits per heavy atom. The van der Waals surface area contributed by atoms with Crippen molar-refractivity contribution in [2.75, 3.05) is 5.32 Å². The van der Waals surface area contributed by atoms with E-state index in [0.717, 1.165) is 16.6 Å². The minimum Gasteiger partial charge on any atom is -0.325 e. The molecular weight excluding hydrogens is 292 g/mol. The second-order valence-electron chi connectivity index (χ2n) is 6.01. The van der Waals surface area contributed by atoms with Crippen LogP contribution in [0.15, 0.2) is 22.9 Å². The highest BCUT2D eigenvalue weighted by molar-refractivity contribution is 9.10. The molecule has 0 spiro atoms. The second kappa shape index (κ2) is 6.32. The third-order valence-electron chi connectivity index (χ3n) is 2.48. The first kappa shape index (κ1) is 15.2. The molecule has 0 saturated heterocycles. The molecule has 0 aliphatic heterocycles. The summed E-state index contributed by atoms with van der Waals surface area (Å²) < 4.78 is 0.864. The lowest BCUT2D eigenvalue weighted by Crippen LogP contribution is -2.18. The minimum atomic E-state index is 0.0478. The molecule has 4 heteroatoms. The van der Waals surface area contributed by atoms with E-state index in [-0.39, 0.29) is 11.3 Å². The fraction of sp³-hybridized carbons (Fsp3) is 0.571. The number of carbonyl (C=O) groups excluding carboxylic acids is 1. The topological polar surface area (TPSA) is 42.0 Å². The second-order valence-corrected chi connectivity index (χ2v) is 6.93. The molecule has 1 unspecified atom stereocenters. The van der Waals surface area contributed by atoms with Crippen LogP contribution in [0.3, 0.4) is 0 Å². The van der Waals surface area contributed by atoms with Crippen molar-refractivity contribution in [3.05, 3.63) is 22.9 Å². The molecule has 0 saturated carbocycles. The van der Waals surface area contributed by atoms with Gasteiger partial charge >= 0.3 is 0 Å². The van der Waals surface area contributed by atoms with Crippen molar-refractivity contribution in [1.29, 1.82) is 0 Å². The van der Waals surface area contributed by atoms with Crippen LogP contribution < -0.4 is 5.32 Å². The molecule has 3 nitrogen and oxygen atoms in total. The van der Waals surface area contributed by atoms with Crippen molar-refractivity contribution in [3.63, 3.8) is 0 Å². The van der Waals surface area contributed by atoms with Crippen LogP contribution in [-0.4, -0.2) is 10.9 Å². The Labute approximate surface area is 118 Å². The Morgan fingerprint density at radius 2 is 2.11 bits per heavy atom. The number of rotatable bonds is 4. The third-order valence-corrected chi connectivity index (χ3v) is 2.92. The number of aromatic nitrogens is 1. The lowest BCUT2D eigenvalue weighted by molar-refractivity contribution is -0.117. The van der Waals surface area contributed by atoms with Gasteiger partial charge in [0.05, 0.1) is 11.9 Å². The first-order chi connectivity index (χ1) is 8.26. The number of halogens is 1. The van der Waals surface area contributed by atoms with Crippen molar-refractivity contribution in [2.45, 2.75) is 40.5 Å². The largest absolute Gasteiger partial charge is 0.325 e. The highest BCUT2D eigenvalue weighted by Gasteiger charge is 2.17. The lowest BCUT2D eigenvalue weighted by Gasteiger charge is -2.22. The number of carbonyl (C=O) groups is 1. The summed E-state index contributed by atoms with van der Waals surface area (Å²) in [5.41, 5.74) is 0.995. The summed E-state index contributed by atoms with van der Waals surface area (Å²) in [6, 6.07) is 1.85. The Bertz CT molecular complexity index is 413. The SMILES string of the molecule is CC(CC(=O)Nc1cncc(Br)c1)CC(C)(C)C. The maximum absolute atomic E-state index is 11.9. The summed E-state index contributed by atoms with van der Waals surface area (Å²) in [5.74, 6) is 0.428. The van der Waals surface area contributed by atoms with E-state index in [1.165, 1.54) is 0 Å². The van der Waals surface area contributed by atoms with Gasteiger partial charge in [-0.3, -0.25) is 9.78 Å². The summed E-state index contributed by atoms with van der Waals surface area (Å²) in [6.07, 6.45) is 4.93. The third kappa shape index (κ3) is 6.15. The van der Waals surface area contributed by atoms with Gasteiger partial charge in [0.15, 0.2) is 0 Å². The molecule has 18 heavy (non-hydrogen) atoms. The maximum Gasteiger partial charge on any atom is 0.224 e. The molecule has 0 aliphatic rings. The standard InChI is InChI=1S/C14H21BrN2O/c1-10(7-14(2,3)4)5-13(18)17-12-6-11(15)8-16-9-12/h6,8-10H,5,7H2,1-4H3,(H,17,18). The van der Waals surface area contributed by atoms with Gasteiger partial charge in [0.25, 0.3) is 0 Å². The first-order valence-electron chi connectivity index (χ1n) is 6.17. The zero-order chi connectivity index (χ0) is 13.8. The molecule has 1 aromatic rings. The van der Waals surface area contributed by atoms with E-state index < -0.39 is 0 Å². The summed E-state index contributed by atoms with van der Waals surface area (Å²) >= 11 is 3.33. The molecule has 1 atom stereocenters. The zero-order valence-corrected chi connectivity index (χ0v) is 13.0. The van der Waals surface area contributed by atoms with Crippen LogP contribution in [0.5, 0.6) is 0 Å². The van der Waals surface area contributed by atoms with E-state index in [1.807, 2.05) is 6.07 Å². The van der Waals surface area contributed by atoms with Crippen LogP contribution in [-0.2, 0) is 4.79 Å². The van der Waals surface area contributed by atoms with E-state index in [9.17, 15) is 4.79 Å². The van der Waals surface area contributed by atoms with Crippen LogP contribution >= 0.6 is 15.9 Å². The smallest absolute Gasteiger partial charge is 0.224 e. The van der Waals surface area contributed by atoms with Crippen LogP contribution in [0.1, 0.15) is 40.5 Å². The minimum absolute atomic E-state index is 0.0478. The monoisotopic (exact) mass is 312 g/mol. The van der Waals surface area contributed by atoms with Gasteiger partial charge in [-0.15, -0.1) is 0 Å². The lowest BCUT2D eigenvalue weighted by atomic mass is 9.84. The Morgan fingerprint density at radius 1 is 1.44 bits per heavy atom. The van der Waals surface area contributed by atoms with Crippen molar-refractivity contribution >= 4 is 27.5 Å². The van der Waals surface area contributed by atoms with Crippen molar-refractivity contribution < 1.29 is 4.79 Å². The number of pyridine rings is 1. The van der Waals surface area contributed by atoms with Gasteiger partial charge in [0.2, 0.25) is 5.91 Å². The fourth-order valence-electron chi connectivity index (χ4n) is 2.13. The van der Waals surface area contributed by atoms with Crippen LogP contribution in [0.4, 0.5) is 5.69 Å². The van der Waals surface area contributed by atoms with Crippen LogP contribution in [0.25, 0.3) is 0 Å². The first-order valence-corrected chi connectivity index (χ1v) is 6.96. The summed E-state index contributed by atoms with van der Waals surface area (Å²) in [6.45, 7) is 8.70. The van der Waals surface area contributed by atoms with E-state index in [1.54, 1.807) is 12.4 Å². The number of hydrogen-bond acceptors (Lipinski definition) is 2. The summed E-state index contributed by atoms with van der Waals surface area (Å²) in [4.78, 5) is 15.9. The quantitative estimate of drug-likeness (QED) is 0.903. The predicted octanol–water partition coefficient (Wildman–Crippen LogP) is 4.25. The van der Waals surface area contributed by atoms with E-state index in [0.29, 0.717) is 12.3 Å². The number of hydrogen-bond donors (Lipinski definition) is 1. The van der Waals surface area contributed by atoms with Crippen LogP contribution in [0.2, 0.25) is 0 Å². The van der Waals surface area contributed by atoms with E-state index in [4.69, 9.17) is 0 Å². The van der Waals surface area contributed by atoms with Crippen molar-refractivity contribution in [3.8, 4) is 0 Å². The highest BCUT2D eigenvalue weighted by atomic mass is 79.9. The molecule has 1 heterocycles. The molecule has 0 aliphatic carbocycles. The van der Waals surface area contributed by atoms with Gasteiger partial charge in [0.1, 0.15) is 0 Å². The molecule has 0 bridgehead atoms. The number of nitrogens with zero attached hydrogens (tertiary/aromatic N) is 1. The van der Waals surface area contributed by atoms with Gasteiger partial charge in [-0.1, -0.05) is 27.7 Å². The molecule has 100 valence electrons. The van der Waals surface area contributed by atoms with Gasteiger partial charge in [-0.05, 0) is 39.8 Å². The Balaban J connectivity index is 2.47. The molecule has 1 N–H and O–H groups in total. The van der Waals surface area contributed by atoms with Gasteiger partial charge in [0, 0.05) is 17.1 Å². The average Bonchev–Trinajstić information content (AvgIpc) is 2.13. The zero-order valence-electron chi connectivity index (χ0n) is 11.5.